The normalized spacial score (nSPS) is 26.1. The Labute approximate surface area is 203 Å². The summed E-state index contributed by atoms with van der Waals surface area (Å²) in [6, 6.07) is 17.1. The van der Waals surface area contributed by atoms with Crippen LogP contribution in [0.5, 0.6) is 0 Å². The average Bonchev–Trinajstić information content (AvgIpc) is 3.31. The molecule has 1 aromatic heterocycles. The van der Waals surface area contributed by atoms with Gasteiger partial charge in [0.1, 0.15) is 5.01 Å². The standard InChI is InChI=1S/C26H28ClN3O2S/c27-21-9-4-6-19(14-21)16-30-24(20-7-2-1-3-8-20)22(31)15-26(25(30)32)10-5-12-29(18-26)17-23-28-11-13-33-23/h1-4,6-9,11,13-14,22,24,31H,5,10,12,15-18H2/t22-,24+,26+/m1/s1. The number of likely N-dealkylation sites (tertiary alicyclic amines) is 2. The lowest BCUT2D eigenvalue weighted by atomic mass is 9.69. The molecule has 3 aromatic rings. The van der Waals surface area contributed by atoms with Crippen LogP contribution in [0.1, 0.15) is 41.4 Å². The van der Waals surface area contributed by atoms with Gasteiger partial charge in [0.05, 0.1) is 24.1 Å². The first-order valence-corrected chi connectivity index (χ1v) is 12.7. The van der Waals surface area contributed by atoms with Gasteiger partial charge in [-0.25, -0.2) is 4.98 Å². The summed E-state index contributed by atoms with van der Waals surface area (Å²) in [6.45, 7) is 2.76. The number of hydrogen-bond acceptors (Lipinski definition) is 5. The fourth-order valence-electron chi connectivity index (χ4n) is 5.52. The van der Waals surface area contributed by atoms with Crippen molar-refractivity contribution in [2.45, 2.75) is 44.5 Å². The minimum atomic E-state index is -0.635. The van der Waals surface area contributed by atoms with Gasteiger partial charge in [0.25, 0.3) is 0 Å². The molecule has 3 heterocycles. The predicted octanol–water partition coefficient (Wildman–Crippen LogP) is 4.91. The number of thiazole rings is 1. The van der Waals surface area contributed by atoms with E-state index in [1.807, 2.05) is 71.1 Å². The minimum Gasteiger partial charge on any atom is -0.391 e. The highest BCUT2D eigenvalue weighted by molar-refractivity contribution is 7.09. The van der Waals surface area contributed by atoms with E-state index >= 15 is 0 Å². The van der Waals surface area contributed by atoms with Gasteiger partial charge >= 0.3 is 0 Å². The van der Waals surface area contributed by atoms with Crippen LogP contribution in [0.15, 0.2) is 66.2 Å². The predicted molar refractivity (Wildman–Crippen MR) is 131 cm³/mol. The van der Waals surface area contributed by atoms with Crippen LogP contribution in [0, 0.1) is 5.41 Å². The van der Waals surface area contributed by atoms with Crippen molar-refractivity contribution in [1.29, 1.82) is 0 Å². The van der Waals surface area contributed by atoms with E-state index in [9.17, 15) is 9.90 Å². The lowest BCUT2D eigenvalue weighted by Crippen LogP contribution is -2.60. The monoisotopic (exact) mass is 481 g/mol. The number of carbonyl (C=O) groups is 1. The Morgan fingerprint density at radius 1 is 1.15 bits per heavy atom. The molecule has 0 bridgehead atoms. The number of halogens is 1. The second-order valence-electron chi connectivity index (χ2n) is 9.21. The zero-order valence-corrected chi connectivity index (χ0v) is 20.0. The number of carbonyl (C=O) groups excluding carboxylic acids is 1. The van der Waals surface area contributed by atoms with Crippen LogP contribution < -0.4 is 0 Å². The summed E-state index contributed by atoms with van der Waals surface area (Å²) in [6.07, 6.45) is 3.40. The first-order valence-electron chi connectivity index (χ1n) is 11.4. The molecule has 2 aliphatic heterocycles. The number of aromatic nitrogens is 1. The Kier molecular flexibility index (Phi) is 6.52. The van der Waals surface area contributed by atoms with Crippen molar-refractivity contribution in [2.75, 3.05) is 13.1 Å². The SMILES string of the molecule is O=C1N(Cc2cccc(Cl)c2)[C@@H](c2ccccc2)[C@H](O)C[C@]12CCCN(Cc1nccs1)C2. The highest BCUT2D eigenvalue weighted by Gasteiger charge is 2.53. The Hall–Kier alpha value is -2.25. The van der Waals surface area contributed by atoms with Gasteiger partial charge in [-0.05, 0) is 49.1 Å². The molecule has 0 aliphatic carbocycles. The van der Waals surface area contributed by atoms with E-state index in [1.165, 1.54) is 0 Å². The molecule has 1 N–H and O–H groups in total. The number of benzene rings is 2. The van der Waals surface area contributed by atoms with Gasteiger partial charge in [-0.15, -0.1) is 11.3 Å². The quantitative estimate of drug-likeness (QED) is 0.562. The number of hydrogen-bond donors (Lipinski definition) is 1. The topological polar surface area (TPSA) is 56.7 Å². The summed E-state index contributed by atoms with van der Waals surface area (Å²) in [5.41, 5.74) is 1.35. The van der Waals surface area contributed by atoms with Gasteiger partial charge in [-0.3, -0.25) is 9.69 Å². The molecule has 2 aliphatic rings. The molecular weight excluding hydrogens is 454 g/mol. The first kappa shape index (κ1) is 22.5. The molecule has 1 spiro atoms. The molecule has 2 aromatic carbocycles. The second kappa shape index (κ2) is 9.55. The largest absolute Gasteiger partial charge is 0.391 e. The van der Waals surface area contributed by atoms with Crippen LogP contribution >= 0.6 is 22.9 Å². The fraction of sp³-hybridized carbons (Fsp3) is 0.385. The van der Waals surface area contributed by atoms with Crippen molar-refractivity contribution < 1.29 is 9.90 Å². The highest BCUT2D eigenvalue weighted by atomic mass is 35.5. The number of amides is 1. The second-order valence-corrected chi connectivity index (χ2v) is 10.6. The molecule has 0 radical (unpaired) electrons. The third-order valence-corrected chi connectivity index (χ3v) is 7.90. The smallest absolute Gasteiger partial charge is 0.231 e. The highest BCUT2D eigenvalue weighted by Crippen LogP contribution is 2.46. The maximum atomic E-state index is 14.2. The number of piperidine rings is 2. The third kappa shape index (κ3) is 4.71. The number of nitrogens with zero attached hydrogens (tertiary/aromatic N) is 3. The zero-order valence-electron chi connectivity index (χ0n) is 18.4. The Morgan fingerprint density at radius 2 is 2.00 bits per heavy atom. The lowest BCUT2D eigenvalue weighted by molar-refractivity contribution is -0.166. The van der Waals surface area contributed by atoms with Gasteiger partial charge in [0, 0.05) is 29.7 Å². The van der Waals surface area contributed by atoms with Crippen molar-refractivity contribution in [1.82, 2.24) is 14.8 Å². The fourth-order valence-corrected chi connectivity index (χ4v) is 6.39. The molecule has 1 amide bonds. The van der Waals surface area contributed by atoms with Crippen molar-refractivity contribution in [3.05, 3.63) is 87.3 Å². The molecule has 7 heteroatoms. The summed E-state index contributed by atoms with van der Waals surface area (Å²) in [5.74, 6) is 0.130. The van der Waals surface area contributed by atoms with Gasteiger partial charge in [-0.2, -0.15) is 0 Å². The van der Waals surface area contributed by atoms with E-state index in [0.29, 0.717) is 24.5 Å². The van der Waals surface area contributed by atoms with Crippen molar-refractivity contribution in [3.8, 4) is 0 Å². The van der Waals surface area contributed by atoms with E-state index in [1.54, 1.807) is 11.3 Å². The molecule has 3 atom stereocenters. The zero-order chi connectivity index (χ0) is 22.8. The Balaban J connectivity index is 1.47. The number of rotatable bonds is 5. The van der Waals surface area contributed by atoms with E-state index < -0.39 is 11.5 Å². The molecule has 172 valence electrons. The molecule has 0 saturated carbocycles. The van der Waals surface area contributed by atoms with Crippen molar-refractivity contribution in [2.24, 2.45) is 5.41 Å². The van der Waals surface area contributed by atoms with Crippen LogP contribution in [0.3, 0.4) is 0 Å². The van der Waals surface area contributed by atoms with Gasteiger partial charge in [0.2, 0.25) is 5.91 Å². The molecule has 2 saturated heterocycles. The maximum Gasteiger partial charge on any atom is 0.231 e. The average molecular weight is 482 g/mol. The third-order valence-electron chi connectivity index (χ3n) is 6.90. The van der Waals surface area contributed by atoms with E-state index in [0.717, 1.165) is 42.1 Å². The van der Waals surface area contributed by atoms with Gasteiger partial charge in [0.15, 0.2) is 0 Å². The summed E-state index contributed by atoms with van der Waals surface area (Å²) in [5, 5.41) is 15.2. The van der Waals surface area contributed by atoms with Crippen molar-refractivity contribution >= 4 is 28.8 Å². The van der Waals surface area contributed by atoms with Gasteiger partial charge < -0.3 is 10.0 Å². The molecule has 2 fully saturated rings. The molecule has 5 nitrogen and oxygen atoms in total. The van der Waals surface area contributed by atoms with Crippen LogP contribution in [-0.4, -0.2) is 45.0 Å². The van der Waals surface area contributed by atoms with E-state index in [4.69, 9.17) is 11.6 Å². The molecule has 0 unspecified atom stereocenters. The summed E-state index contributed by atoms with van der Waals surface area (Å²) in [7, 11) is 0. The Morgan fingerprint density at radius 3 is 2.76 bits per heavy atom. The van der Waals surface area contributed by atoms with Crippen molar-refractivity contribution in [3.63, 3.8) is 0 Å². The summed E-state index contributed by atoms with van der Waals surface area (Å²) >= 11 is 7.89. The van der Waals surface area contributed by atoms with Crippen LogP contribution in [0.2, 0.25) is 5.02 Å². The Bertz CT molecular complexity index is 1090. The molecule has 33 heavy (non-hydrogen) atoms. The van der Waals surface area contributed by atoms with E-state index in [2.05, 4.69) is 9.88 Å². The van der Waals surface area contributed by atoms with Crippen LogP contribution in [0.25, 0.3) is 0 Å². The number of aliphatic hydroxyl groups excluding tert-OH is 1. The minimum absolute atomic E-state index is 0.130. The van der Waals surface area contributed by atoms with Gasteiger partial charge in [-0.1, -0.05) is 54.1 Å². The maximum absolute atomic E-state index is 14.2. The first-order chi connectivity index (χ1) is 16.0. The van der Waals surface area contributed by atoms with E-state index in [-0.39, 0.29) is 11.9 Å². The summed E-state index contributed by atoms with van der Waals surface area (Å²) < 4.78 is 0. The number of aliphatic hydroxyl groups is 1. The summed E-state index contributed by atoms with van der Waals surface area (Å²) in [4.78, 5) is 22.9. The molecule has 5 rings (SSSR count). The van der Waals surface area contributed by atoms with Crippen LogP contribution in [0.4, 0.5) is 0 Å². The van der Waals surface area contributed by atoms with Crippen LogP contribution in [-0.2, 0) is 17.9 Å². The molecular formula is C26H28ClN3O2S. The lowest BCUT2D eigenvalue weighted by Gasteiger charge is -2.52.